The first-order chi connectivity index (χ1) is 6.62. The van der Waals surface area contributed by atoms with Gasteiger partial charge in [-0.2, -0.15) is 0 Å². The van der Waals surface area contributed by atoms with Gasteiger partial charge in [0.05, 0.1) is 5.60 Å². The summed E-state index contributed by atoms with van der Waals surface area (Å²) >= 11 is 0. The van der Waals surface area contributed by atoms with Gasteiger partial charge in [-0.25, -0.2) is 0 Å². The Morgan fingerprint density at radius 2 is 2.00 bits per heavy atom. The Labute approximate surface area is 84.7 Å². The minimum atomic E-state index is -0.746. The number of benzene rings is 1. The molecule has 2 rings (SSSR count). The van der Waals surface area contributed by atoms with Crippen LogP contribution in [0.25, 0.3) is 0 Å². The Kier molecular flexibility index (Phi) is 2.23. The van der Waals surface area contributed by atoms with E-state index in [1.807, 2.05) is 31.2 Å². The van der Waals surface area contributed by atoms with Crippen LogP contribution in [0.5, 0.6) is 0 Å². The Balaban J connectivity index is 2.32. The summed E-state index contributed by atoms with van der Waals surface area (Å²) < 4.78 is 0. The van der Waals surface area contributed by atoms with Gasteiger partial charge >= 0.3 is 0 Å². The average Bonchev–Trinajstić information content (AvgIpc) is 2.00. The fourth-order valence-electron chi connectivity index (χ4n) is 2.15. The third kappa shape index (κ3) is 1.40. The second-order valence-electron chi connectivity index (χ2n) is 4.36. The van der Waals surface area contributed by atoms with Crippen LogP contribution in [0.3, 0.4) is 0 Å². The highest BCUT2D eigenvalue weighted by molar-refractivity contribution is 5.49. The number of hydrogen-bond acceptors (Lipinski definition) is 2. The Hall–Kier alpha value is -1.02. The molecule has 0 aromatic heterocycles. The molecule has 1 aromatic rings. The molecule has 2 heteroatoms. The van der Waals surface area contributed by atoms with Crippen LogP contribution in [0.2, 0.25) is 0 Å². The van der Waals surface area contributed by atoms with Gasteiger partial charge in [-0.1, -0.05) is 24.6 Å². The average molecular weight is 191 g/mol. The molecule has 0 saturated heterocycles. The third-order valence-corrected chi connectivity index (χ3v) is 3.41. The first kappa shape index (κ1) is 9.53. The van der Waals surface area contributed by atoms with Gasteiger partial charge in [-0.05, 0) is 31.7 Å². The molecule has 1 unspecified atom stereocenters. The Morgan fingerprint density at radius 1 is 1.36 bits per heavy atom. The zero-order valence-corrected chi connectivity index (χ0v) is 8.53. The first-order valence-electron chi connectivity index (χ1n) is 5.19. The van der Waals surface area contributed by atoms with E-state index in [1.165, 1.54) is 6.42 Å². The largest absolute Gasteiger partial charge is 0.398 e. The highest BCUT2D eigenvalue weighted by Crippen LogP contribution is 2.43. The van der Waals surface area contributed by atoms with E-state index in [9.17, 15) is 5.11 Å². The smallest absolute Gasteiger partial charge is 0.0916 e. The van der Waals surface area contributed by atoms with Gasteiger partial charge in [0, 0.05) is 11.3 Å². The van der Waals surface area contributed by atoms with Gasteiger partial charge in [0.1, 0.15) is 0 Å². The van der Waals surface area contributed by atoms with Crippen molar-refractivity contribution < 1.29 is 5.11 Å². The van der Waals surface area contributed by atoms with Crippen LogP contribution in [0.15, 0.2) is 24.3 Å². The van der Waals surface area contributed by atoms with Crippen LogP contribution in [0.1, 0.15) is 31.7 Å². The zero-order chi connectivity index (χ0) is 10.2. The van der Waals surface area contributed by atoms with Crippen LogP contribution >= 0.6 is 0 Å². The third-order valence-electron chi connectivity index (χ3n) is 3.41. The summed E-state index contributed by atoms with van der Waals surface area (Å²) in [7, 11) is 0. The maximum atomic E-state index is 10.4. The minimum absolute atomic E-state index is 0.382. The fourth-order valence-corrected chi connectivity index (χ4v) is 2.15. The molecule has 0 spiro atoms. The lowest BCUT2D eigenvalue weighted by Gasteiger charge is -2.39. The van der Waals surface area contributed by atoms with Gasteiger partial charge in [-0.15, -0.1) is 0 Å². The summed E-state index contributed by atoms with van der Waals surface area (Å²) in [5, 5.41) is 10.4. The van der Waals surface area contributed by atoms with Crippen molar-refractivity contribution >= 4 is 5.69 Å². The van der Waals surface area contributed by atoms with Crippen molar-refractivity contribution in [2.45, 2.75) is 31.8 Å². The molecule has 76 valence electrons. The highest BCUT2D eigenvalue weighted by Gasteiger charge is 2.38. The Bertz CT molecular complexity index is 329. The zero-order valence-electron chi connectivity index (χ0n) is 8.53. The molecule has 1 atom stereocenters. The van der Waals surface area contributed by atoms with Crippen LogP contribution in [-0.2, 0) is 5.60 Å². The SMILES string of the molecule is CC(O)(c1ccccc1N)C1CCC1. The molecule has 2 nitrogen and oxygen atoms in total. The van der Waals surface area contributed by atoms with Crippen LogP contribution in [0, 0.1) is 5.92 Å². The van der Waals surface area contributed by atoms with E-state index >= 15 is 0 Å². The monoisotopic (exact) mass is 191 g/mol. The van der Waals surface area contributed by atoms with Crippen LogP contribution in [-0.4, -0.2) is 5.11 Å². The molecule has 1 fully saturated rings. The van der Waals surface area contributed by atoms with E-state index in [2.05, 4.69) is 0 Å². The predicted molar refractivity (Wildman–Crippen MR) is 57.8 cm³/mol. The summed E-state index contributed by atoms with van der Waals surface area (Å²) in [6.07, 6.45) is 3.45. The number of hydrogen-bond donors (Lipinski definition) is 2. The number of nitrogen functional groups attached to an aromatic ring is 1. The molecule has 1 aliphatic carbocycles. The lowest BCUT2D eigenvalue weighted by molar-refractivity contribution is -0.0392. The van der Waals surface area contributed by atoms with Crippen molar-refractivity contribution in [2.75, 3.05) is 5.73 Å². The number of nitrogens with two attached hydrogens (primary N) is 1. The minimum Gasteiger partial charge on any atom is -0.398 e. The molecule has 1 aromatic carbocycles. The van der Waals surface area contributed by atoms with Gasteiger partial charge in [-0.3, -0.25) is 0 Å². The lowest BCUT2D eigenvalue weighted by Crippen LogP contribution is -2.36. The van der Waals surface area contributed by atoms with Crippen molar-refractivity contribution in [3.8, 4) is 0 Å². The van der Waals surface area contributed by atoms with Crippen molar-refractivity contribution in [2.24, 2.45) is 5.92 Å². The molecule has 14 heavy (non-hydrogen) atoms. The molecule has 3 N–H and O–H groups in total. The molecular formula is C12H17NO. The second-order valence-corrected chi connectivity index (χ2v) is 4.36. The van der Waals surface area contributed by atoms with Gasteiger partial charge in [0.15, 0.2) is 0 Å². The van der Waals surface area contributed by atoms with Crippen molar-refractivity contribution in [3.05, 3.63) is 29.8 Å². The van der Waals surface area contributed by atoms with Crippen molar-refractivity contribution in [1.29, 1.82) is 0 Å². The quantitative estimate of drug-likeness (QED) is 0.704. The highest BCUT2D eigenvalue weighted by atomic mass is 16.3. The summed E-state index contributed by atoms with van der Waals surface area (Å²) in [5.74, 6) is 0.382. The topological polar surface area (TPSA) is 46.2 Å². The summed E-state index contributed by atoms with van der Waals surface area (Å²) in [6, 6.07) is 7.60. The predicted octanol–water partition coefficient (Wildman–Crippen LogP) is 2.28. The number of para-hydroxylation sites is 1. The molecule has 0 radical (unpaired) electrons. The maximum Gasteiger partial charge on any atom is 0.0916 e. The van der Waals surface area contributed by atoms with E-state index in [0.29, 0.717) is 11.6 Å². The fraction of sp³-hybridized carbons (Fsp3) is 0.500. The van der Waals surface area contributed by atoms with E-state index in [-0.39, 0.29) is 0 Å². The van der Waals surface area contributed by atoms with Crippen molar-refractivity contribution in [1.82, 2.24) is 0 Å². The molecule has 0 bridgehead atoms. The molecular weight excluding hydrogens is 174 g/mol. The molecule has 0 amide bonds. The van der Waals surface area contributed by atoms with Crippen LogP contribution in [0.4, 0.5) is 5.69 Å². The summed E-state index contributed by atoms with van der Waals surface area (Å²) in [4.78, 5) is 0. The maximum absolute atomic E-state index is 10.4. The Morgan fingerprint density at radius 3 is 2.50 bits per heavy atom. The van der Waals surface area contributed by atoms with E-state index in [1.54, 1.807) is 0 Å². The normalized spacial score (nSPS) is 21.3. The van der Waals surface area contributed by atoms with Gasteiger partial charge in [0.25, 0.3) is 0 Å². The molecule has 1 aliphatic rings. The molecule has 1 saturated carbocycles. The van der Waals surface area contributed by atoms with Gasteiger partial charge in [0.2, 0.25) is 0 Å². The van der Waals surface area contributed by atoms with Crippen molar-refractivity contribution in [3.63, 3.8) is 0 Å². The standard InChI is InChI=1S/C12H17NO/c1-12(14,9-5-4-6-9)10-7-2-3-8-11(10)13/h2-3,7-9,14H,4-6,13H2,1H3. The number of rotatable bonds is 2. The summed E-state index contributed by atoms with van der Waals surface area (Å²) in [5.41, 5.74) is 6.69. The first-order valence-corrected chi connectivity index (χ1v) is 5.19. The van der Waals surface area contributed by atoms with E-state index < -0.39 is 5.60 Å². The summed E-state index contributed by atoms with van der Waals surface area (Å²) in [6.45, 7) is 1.88. The lowest BCUT2D eigenvalue weighted by atomic mass is 9.70. The number of anilines is 1. The molecule has 0 heterocycles. The van der Waals surface area contributed by atoms with Crippen LogP contribution < -0.4 is 5.73 Å². The van der Waals surface area contributed by atoms with Gasteiger partial charge < -0.3 is 10.8 Å². The second kappa shape index (κ2) is 3.28. The van der Waals surface area contributed by atoms with E-state index in [4.69, 9.17) is 5.73 Å². The number of aliphatic hydroxyl groups is 1. The molecule has 0 aliphatic heterocycles. The van der Waals surface area contributed by atoms with E-state index in [0.717, 1.165) is 18.4 Å².